The van der Waals surface area contributed by atoms with E-state index in [4.69, 9.17) is 4.98 Å². The summed E-state index contributed by atoms with van der Waals surface area (Å²) < 4.78 is 0. The lowest BCUT2D eigenvalue weighted by Gasteiger charge is -2.28. The lowest BCUT2D eigenvalue weighted by atomic mass is 9.98. The van der Waals surface area contributed by atoms with Gasteiger partial charge in [0.25, 0.3) is 5.56 Å². The van der Waals surface area contributed by atoms with Gasteiger partial charge in [0, 0.05) is 28.7 Å². The molecule has 0 amide bonds. The van der Waals surface area contributed by atoms with Crippen molar-refractivity contribution in [1.29, 1.82) is 0 Å². The summed E-state index contributed by atoms with van der Waals surface area (Å²) in [4.78, 5) is 20.0. The molecule has 24 heavy (non-hydrogen) atoms. The third-order valence-electron chi connectivity index (χ3n) is 4.91. The highest BCUT2D eigenvalue weighted by Gasteiger charge is 2.37. The van der Waals surface area contributed by atoms with E-state index in [9.17, 15) is 4.79 Å². The number of thiazole rings is 1. The van der Waals surface area contributed by atoms with E-state index in [0.29, 0.717) is 6.54 Å². The van der Waals surface area contributed by atoms with Gasteiger partial charge >= 0.3 is 0 Å². The summed E-state index contributed by atoms with van der Waals surface area (Å²) >= 11 is 1.74. The molecule has 1 fully saturated rings. The van der Waals surface area contributed by atoms with Crippen LogP contribution < -0.4 is 10.9 Å². The fourth-order valence-electron chi connectivity index (χ4n) is 3.64. The van der Waals surface area contributed by atoms with Crippen LogP contribution in [0.5, 0.6) is 0 Å². The molecule has 1 aliphatic rings. The average molecular weight is 339 g/mol. The van der Waals surface area contributed by atoms with Crippen LogP contribution in [0.4, 0.5) is 0 Å². The van der Waals surface area contributed by atoms with Gasteiger partial charge in [-0.3, -0.25) is 10.1 Å². The molecule has 5 heteroatoms. The van der Waals surface area contributed by atoms with E-state index in [1.165, 1.54) is 17.8 Å². The van der Waals surface area contributed by atoms with Crippen LogP contribution in [0.25, 0.3) is 10.8 Å². The Morgan fingerprint density at radius 3 is 2.83 bits per heavy atom. The summed E-state index contributed by atoms with van der Waals surface area (Å²) in [5.74, 6) is 0. The molecule has 2 aromatic heterocycles. The third kappa shape index (κ3) is 2.78. The maximum atomic E-state index is 12.3. The summed E-state index contributed by atoms with van der Waals surface area (Å²) in [5.41, 5.74) is 1.96. The quantitative estimate of drug-likeness (QED) is 0.759. The first-order valence-electron chi connectivity index (χ1n) is 8.45. The lowest BCUT2D eigenvalue weighted by Crippen LogP contribution is -2.39. The largest absolute Gasteiger partial charge is 0.324 e. The summed E-state index contributed by atoms with van der Waals surface area (Å²) in [5, 5.41) is 8.74. The molecule has 0 bridgehead atoms. The highest BCUT2D eigenvalue weighted by Crippen LogP contribution is 2.40. The van der Waals surface area contributed by atoms with Gasteiger partial charge in [-0.15, -0.1) is 11.3 Å². The summed E-state index contributed by atoms with van der Waals surface area (Å²) in [6.45, 7) is 2.70. The summed E-state index contributed by atoms with van der Waals surface area (Å²) in [6, 6.07) is 9.79. The maximum absolute atomic E-state index is 12.3. The number of aromatic nitrogens is 2. The van der Waals surface area contributed by atoms with E-state index < -0.39 is 0 Å². The van der Waals surface area contributed by atoms with Crippen LogP contribution in [0.3, 0.4) is 0 Å². The zero-order valence-corrected chi connectivity index (χ0v) is 14.6. The van der Waals surface area contributed by atoms with Crippen molar-refractivity contribution in [2.45, 2.75) is 44.7 Å². The molecule has 0 unspecified atom stereocenters. The van der Waals surface area contributed by atoms with E-state index >= 15 is 0 Å². The van der Waals surface area contributed by atoms with Crippen LogP contribution in [0.15, 0.2) is 40.5 Å². The SMILES string of the molecule is Cc1csc(C2(NCc3cc4ccccc4c(=O)[nH]3)CCCC2)n1. The zero-order valence-electron chi connectivity index (χ0n) is 13.8. The van der Waals surface area contributed by atoms with E-state index in [0.717, 1.165) is 35.0 Å². The lowest BCUT2D eigenvalue weighted by molar-refractivity contribution is 0.335. The predicted octanol–water partition coefficient (Wildman–Crippen LogP) is 3.85. The molecule has 124 valence electrons. The fraction of sp³-hybridized carbons (Fsp3) is 0.368. The Kier molecular flexibility index (Phi) is 3.98. The first-order valence-corrected chi connectivity index (χ1v) is 9.33. The van der Waals surface area contributed by atoms with Gasteiger partial charge in [-0.25, -0.2) is 4.98 Å². The number of nitrogens with zero attached hydrogens (tertiary/aromatic N) is 1. The van der Waals surface area contributed by atoms with Crippen molar-refractivity contribution in [3.63, 3.8) is 0 Å². The van der Waals surface area contributed by atoms with Crippen LogP contribution in [-0.2, 0) is 12.1 Å². The van der Waals surface area contributed by atoms with Crippen LogP contribution in [0.2, 0.25) is 0 Å². The molecule has 4 nitrogen and oxygen atoms in total. The Balaban J connectivity index is 1.62. The second-order valence-corrected chi connectivity index (χ2v) is 7.51. The van der Waals surface area contributed by atoms with Gasteiger partial charge in [-0.1, -0.05) is 31.0 Å². The summed E-state index contributed by atoms with van der Waals surface area (Å²) in [6.07, 6.45) is 4.66. The molecule has 3 aromatic rings. The highest BCUT2D eigenvalue weighted by molar-refractivity contribution is 7.09. The molecule has 2 N–H and O–H groups in total. The minimum atomic E-state index is -0.0402. The molecule has 4 rings (SSSR count). The number of benzene rings is 1. The fourth-order valence-corrected chi connectivity index (χ4v) is 4.68. The Labute approximate surface area is 145 Å². The zero-order chi connectivity index (χ0) is 16.6. The normalized spacial score (nSPS) is 16.7. The number of H-pyrrole nitrogens is 1. The number of nitrogens with one attached hydrogen (secondary N) is 2. The standard InChI is InChI=1S/C19H21N3OS/c1-13-12-24-18(21-13)19(8-4-5-9-19)20-11-15-10-14-6-2-3-7-16(14)17(23)22-15/h2-3,6-7,10,12,20H,4-5,8-9,11H2,1H3,(H,22,23). The topological polar surface area (TPSA) is 57.8 Å². The van der Waals surface area contributed by atoms with Gasteiger partial charge < -0.3 is 4.98 Å². The van der Waals surface area contributed by atoms with Crippen molar-refractivity contribution in [3.8, 4) is 0 Å². The number of pyridine rings is 1. The van der Waals surface area contributed by atoms with E-state index in [1.807, 2.05) is 31.2 Å². The molecule has 2 heterocycles. The van der Waals surface area contributed by atoms with E-state index in [-0.39, 0.29) is 11.1 Å². The van der Waals surface area contributed by atoms with Crippen LogP contribution >= 0.6 is 11.3 Å². The molecule has 1 aliphatic carbocycles. The molecule has 0 saturated heterocycles. The van der Waals surface area contributed by atoms with Crippen molar-refractivity contribution >= 4 is 22.1 Å². The van der Waals surface area contributed by atoms with Crippen LogP contribution in [0.1, 0.15) is 42.1 Å². The van der Waals surface area contributed by atoms with Gasteiger partial charge in [0.2, 0.25) is 0 Å². The van der Waals surface area contributed by atoms with Gasteiger partial charge in [-0.2, -0.15) is 0 Å². The second-order valence-electron chi connectivity index (χ2n) is 6.65. The second kappa shape index (κ2) is 6.15. The van der Waals surface area contributed by atoms with Crippen molar-refractivity contribution < 1.29 is 0 Å². The smallest absolute Gasteiger partial charge is 0.256 e. The van der Waals surface area contributed by atoms with Gasteiger partial charge in [-0.05, 0) is 37.3 Å². The Morgan fingerprint density at radius 2 is 2.08 bits per heavy atom. The van der Waals surface area contributed by atoms with Crippen molar-refractivity contribution in [1.82, 2.24) is 15.3 Å². The monoisotopic (exact) mass is 339 g/mol. The molecule has 0 atom stereocenters. The molecule has 0 radical (unpaired) electrons. The van der Waals surface area contributed by atoms with Crippen LogP contribution in [0, 0.1) is 6.92 Å². The van der Waals surface area contributed by atoms with Crippen molar-refractivity contribution in [3.05, 3.63) is 62.5 Å². The number of aryl methyl sites for hydroxylation is 1. The average Bonchev–Trinajstić information content (AvgIpc) is 3.23. The molecule has 0 spiro atoms. The number of fused-ring (bicyclic) bond motifs is 1. The Bertz CT molecular complexity index is 922. The van der Waals surface area contributed by atoms with E-state index in [1.54, 1.807) is 11.3 Å². The van der Waals surface area contributed by atoms with Crippen molar-refractivity contribution in [2.24, 2.45) is 0 Å². The minimum absolute atomic E-state index is 0.0181. The highest BCUT2D eigenvalue weighted by atomic mass is 32.1. The van der Waals surface area contributed by atoms with Crippen LogP contribution in [-0.4, -0.2) is 9.97 Å². The first-order chi connectivity index (χ1) is 11.7. The molecular weight excluding hydrogens is 318 g/mol. The molecular formula is C19H21N3OS. The van der Waals surface area contributed by atoms with Gasteiger partial charge in [0.05, 0.1) is 5.54 Å². The Hall–Kier alpha value is -1.98. The summed E-state index contributed by atoms with van der Waals surface area (Å²) in [7, 11) is 0. The van der Waals surface area contributed by atoms with Gasteiger partial charge in [0.1, 0.15) is 5.01 Å². The number of hydrogen-bond donors (Lipinski definition) is 2. The molecule has 1 aromatic carbocycles. The maximum Gasteiger partial charge on any atom is 0.256 e. The number of hydrogen-bond acceptors (Lipinski definition) is 4. The Morgan fingerprint density at radius 1 is 1.29 bits per heavy atom. The van der Waals surface area contributed by atoms with E-state index in [2.05, 4.69) is 21.7 Å². The predicted molar refractivity (Wildman–Crippen MR) is 98.4 cm³/mol. The minimum Gasteiger partial charge on any atom is -0.324 e. The van der Waals surface area contributed by atoms with Gasteiger partial charge in [0.15, 0.2) is 0 Å². The molecule has 1 saturated carbocycles. The third-order valence-corrected chi connectivity index (χ3v) is 6.08. The van der Waals surface area contributed by atoms with Crippen molar-refractivity contribution in [2.75, 3.05) is 0 Å². The molecule has 0 aliphatic heterocycles. The first kappa shape index (κ1) is 15.5. The number of aromatic amines is 1. The number of rotatable bonds is 4.